The summed E-state index contributed by atoms with van der Waals surface area (Å²) in [6, 6.07) is 6.28. The van der Waals surface area contributed by atoms with Crippen molar-refractivity contribution < 1.29 is 14.3 Å². The molecule has 0 aliphatic carbocycles. The minimum atomic E-state index is -0.595. The minimum absolute atomic E-state index is 0.187. The fourth-order valence-corrected chi connectivity index (χ4v) is 1.57. The number of hydrogen-bond donors (Lipinski definition) is 2. The molecule has 1 aromatic rings. The van der Waals surface area contributed by atoms with Crippen LogP contribution in [0.5, 0.6) is 5.75 Å². The largest absolute Gasteiger partial charge is 0.482 e. The summed E-state index contributed by atoms with van der Waals surface area (Å²) < 4.78 is 5.26. The first-order chi connectivity index (χ1) is 9.04. The summed E-state index contributed by atoms with van der Waals surface area (Å²) in [4.78, 5) is 23.0. The first kappa shape index (κ1) is 15.3. The Labute approximate surface area is 117 Å². The third-order valence-corrected chi connectivity index (χ3v) is 2.63. The number of benzene rings is 1. The van der Waals surface area contributed by atoms with Gasteiger partial charge in [0.15, 0.2) is 6.61 Å². The molecule has 0 fully saturated rings. The molecule has 6 heteroatoms. The second-order valence-corrected chi connectivity index (χ2v) is 4.31. The number of hydrogen-bond acceptors (Lipinski definition) is 3. The summed E-state index contributed by atoms with van der Waals surface area (Å²) in [5.41, 5.74) is 0. The van der Waals surface area contributed by atoms with Crippen molar-refractivity contribution >= 4 is 23.4 Å². The van der Waals surface area contributed by atoms with Crippen LogP contribution in [0.2, 0.25) is 5.02 Å². The van der Waals surface area contributed by atoms with Crippen LogP contribution in [-0.4, -0.2) is 31.0 Å². The zero-order valence-electron chi connectivity index (χ0n) is 10.9. The number of likely N-dealkylation sites (N-methyl/N-ethyl adjacent to an activating group) is 1. The molecule has 0 saturated carbocycles. The number of para-hydroxylation sites is 1. The Morgan fingerprint density at radius 2 is 2.05 bits per heavy atom. The minimum Gasteiger partial charge on any atom is -0.482 e. The highest BCUT2D eigenvalue weighted by Crippen LogP contribution is 2.22. The molecule has 0 spiro atoms. The van der Waals surface area contributed by atoms with Crippen molar-refractivity contribution in [3.63, 3.8) is 0 Å². The van der Waals surface area contributed by atoms with Crippen molar-refractivity contribution in [3.05, 3.63) is 29.3 Å². The fourth-order valence-electron chi connectivity index (χ4n) is 1.38. The number of amides is 2. The SMILES string of the molecule is CCNC(=O)[C@H](C)NC(=O)COc1ccccc1Cl. The van der Waals surface area contributed by atoms with E-state index in [0.29, 0.717) is 17.3 Å². The number of halogens is 1. The molecule has 5 nitrogen and oxygen atoms in total. The molecule has 2 amide bonds. The van der Waals surface area contributed by atoms with E-state index in [9.17, 15) is 9.59 Å². The summed E-state index contributed by atoms with van der Waals surface area (Å²) >= 11 is 5.88. The Morgan fingerprint density at radius 1 is 1.37 bits per heavy atom. The molecule has 19 heavy (non-hydrogen) atoms. The van der Waals surface area contributed by atoms with Crippen molar-refractivity contribution in [2.24, 2.45) is 0 Å². The molecule has 2 N–H and O–H groups in total. The first-order valence-corrected chi connectivity index (χ1v) is 6.36. The molecule has 0 bridgehead atoms. The van der Waals surface area contributed by atoms with Gasteiger partial charge in [-0.2, -0.15) is 0 Å². The van der Waals surface area contributed by atoms with Crippen LogP contribution in [0, 0.1) is 0 Å². The third kappa shape index (κ3) is 5.18. The topological polar surface area (TPSA) is 67.4 Å². The van der Waals surface area contributed by atoms with Crippen LogP contribution < -0.4 is 15.4 Å². The lowest BCUT2D eigenvalue weighted by molar-refractivity contribution is -0.129. The lowest BCUT2D eigenvalue weighted by Crippen LogP contribution is -2.46. The molecule has 0 unspecified atom stereocenters. The summed E-state index contributed by atoms with van der Waals surface area (Å²) in [5.74, 6) is -0.169. The van der Waals surface area contributed by atoms with Gasteiger partial charge in [-0.25, -0.2) is 0 Å². The second-order valence-electron chi connectivity index (χ2n) is 3.90. The fraction of sp³-hybridized carbons (Fsp3) is 0.385. The maximum Gasteiger partial charge on any atom is 0.258 e. The molecular weight excluding hydrogens is 268 g/mol. The van der Waals surface area contributed by atoms with E-state index in [-0.39, 0.29) is 18.4 Å². The summed E-state index contributed by atoms with van der Waals surface area (Å²) in [7, 11) is 0. The zero-order valence-corrected chi connectivity index (χ0v) is 11.7. The Morgan fingerprint density at radius 3 is 2.68 bits per heavy atom. The van der Waals surface area contributed by atoms with Gasteiger partial charge in [-0.05, 0) is 26.0 Å². The van der Waals surface area contributed by atoms with Crippen molar-refractivity contribution in [2.75, 3.05) is 13.2 Å². The van der Waals surface area contributed by atoms with Gasteiger partial charge >= 0.3 is 0 Å². The average molecular weight is 285 g/mol. The molecule has 0 aliphatic heterocycles. The lowest BCUT2D eigenvalue weighted by atomic mass is 10.3. The molecular formula is C13H17ClN2O3. The number of carbonyl (C=O) groups is 2. The van der Waals surface area contributed by atoms with Crippen LogP contribution in [0.3, 0.4) is 0 Å². The van der Waals surface area contributed by atoms with Crippen LogP contribution >= 0.6 is 11.6 Å². The number of carbonyl (C=O) groups excluding carboxylic acids is 2. The Hall–Kier alpha value is -1.75. The monoisotopic (exact) mass is 284 g/mol. The summed E-state index contributed by atoms with van der Waals surface area (Å²) in [5, 5.41) is 5.59. The summed E-state index contributed by atoms with van der Waals surface area (Å²) in [6.07, 6.45) is 0. The van der Waals surface area contributed by atoms with Crippen molar-refractivity contribution in [1.29, 1.82) is 0 Å². The van der Waals surface area contributed by atoms with Gasteiger partial charge in [0.25, 0.3) is 5.91 Å². The highest BCUT2D eigenvalue weighted by molar-refractivity contribution is 6.32. The van der Waals surface area contributed by atoms with Crippen molar-refractivity contribution in [1.82, 2.24) is 10.6 Å². The van der Waals surface area contributed by atoms with Crippen LogP contribution in [-0.2, 0) is 9.59 Å². The molecule has 1 atom stereocenters. The van der Waals surface area contributed by atoms with Crippen LogP contribution in [0.25, 0.3) is 0 Å². The molecule has 0 saturated heterocycles. The first-order valence-electron chi connectivity index (χ1n) is 5.99. The summed E-state index contributed by atoms with van der Waals surface area (Å²) in [6.45, 7) is 3.76. The van der Waals surface area contributed by atoms with Gasteiger partial charge in [-0.3, -0.25) is 9.59 Å². The average Bonchev–Trinajstić information content (AvgIpc) is 2.38. The molecule has 104 valence electrons. The molecule has 1 rings (SSSR count). The van der Waals surface area contributed by atoms with E-state index in [4.69, 9.17) is 16.3 Å². The predicted octanol–water partition coefficient (Wildman–Crippen LogP) is 1.36. The van der Waals surface area contributed by atoms with E-state index in [1.807, 2.05) is 6.92 Å². The van der Waals surface area contributed by atoms with Gasteiger partial charge in [0.05, 0.1) is 5.02 Å². The standard InChI is InChI=1S/C13H17ClN2O3/c1-3-15-13(18)9(2)16-12(17)8-19-11-7-5-4-6-10(11)14/h4-7,9H,3,8H2,1-2H3,(H,15,18)(H,16,17)/t9-/m0/s1. The Kier molecular flexibility index (Phi) is 6.15. The van der Waals surface area contributed by atoms with Crippen LogP contribution in [0.1, 0.15) is 13.8 Å². The number of rotatable bonds is 6. The van der Waals surface area contributed by atoms with E-state index < -0.39 is 6.04 Å². The van der Waals surface area contributed by atoms with Gasteiger partial charge in [0.1, 0.15) is 11.8 Å². The van der Waals surface area contributed by atoms with E-state index >= 15 is 0 Å². The van der Waals surface area contributed by atoms with Crippen LogP contribution in [0.15, 0.2) is 24.3 Å². The number of nitrogens with one attached hydrogen (secondary N) is 2. The molecule has 0 aromatic heterocycles. The van der Waals surface area contributed by atoms with E-state index in [2.05, 4.69) is 10.6 Å². The third-order valence-electron chi connectivity index (χ3n) is 2.32. The highest BCUT2D eigenvalue weighted by atomic mass is 35.5. The smallest absolute Gasteiger partial charge is 0.258 e. The van der Waals surface area contributed by atoms with E-state index in [0.717, 1.165) is 0 Å². The van der Waals surface area contributed by atoms with Gasteiger partial charge < -0.3 is 15.4 Å². The maximum atomic E-state index is 11.6. The Balaban J connectivity index is 2.40. The number of ether oxygens (including phenoxy) is 1. The van der Waals surface area contributed by atoms with Crippen molar-refractivity contribution in [2.45, 2.75) is 19.9 Å². The predicted molar refractivity (Wildman–Crippen MR) is 73.2 cm³/mol. The second kappa shape index (κ2) is 7.63. The van der Waals surface area contributed by atoms with Gasteiger partial charge in [-0.1, -0.05) is 23.7 Å². The maximum absolute atomic E-state index is 11.6. The van der Waals surface area contributed by atoms with E-state index in [1.54, 1.807) is 31.2 Å². The molecule has 1 aromatic carbocycles. The Bertz CT molecular complexity index is 451. The van der Waals surface area contributed by atoms with Crippen LogP contribution in [0.4, 0.5) is 0 Å². The molecule has 0 aliphatic rings. The van der Waals surface area contributed by atoms with Gasteiger partial charge in [0.2, 0.25) is 5.91 Å². The highest BCUT2D eigenvalue weighted by Gasteiger charge is 2.15. The molecule has 0 radical (unpaired) electrons. The van der Waals surface area contributed by atoms with Gasteiger partial charge in [0, 0.05) is 6.54 Å². The normalized spacial score (nSPS) is 11.5. The quantitative estimate of drug-likeness (QED) is 0.829. The van der Waals surface area contributed by atoms with Crippen molar-refractivity contribution in [3.8, 4) is 5.75 Å². The zero-order chi connectivity index (χ0) is 14.3. The van der Waals surface area contributed by atoms with Gasteiger partial charge in [-0.15, -0.1) is 0 Å². The lowest BCUT2D eigenvalue weighted by Gasteiger charge is -2.14. The molecule has 0 heterocycles. The van der Waals surface area contributed by atoms with E-state index in [1.165, 1.54) is 0 Å².